The van der Waals surface area contributed by atoms with Gasteiger partial charge >= 0.3 is 0 Å². The van der Waals surface area contributed by atoms with Crippen molar-refractivity contribution in [3.05, 3.63) is 53.6 Å². The van der Waals surface area contributed by atoms with Crippen LogP contribution in [0.2, 0.25) is 0 Å². The van der Waals surface area contributed by atoms with Crippen molar-refractivity contribution in [3.8, 4) is 22.9 Å². The Morgan fingerprint density at radius 3 is 2.63 bits per heavy atom. The molecule has 0 aliphatic carbocycles. The molecule has 0 atom stereocenters. The average Bonchev–Trinajstić information content (AvgIpc) is 2.42. The number of nitrogens with zero attached hydrogens (tertiary/aromatic N) is 1. The Morgan fingerprint density at radius 1 is 1.16 bits per heavy atom. The fraction of sp³-hybridized carbons (Fsp3) is 0.133. The molecule has 0 saturated heterocycles. The standard InChI is InChI=1S/C15H11F2NO/c1-19-14-4-2-3-11(15(14)17)12-9-10(7-8-18)5-6-13(12)16/h2-6,9H,7H2,1H3. The van der Waals surface area contributed by atoms with Crippen LogP contribution in [0.15, 0.2) is 36.4 Å². The van der Waals surface area contributed by atoms with Gasteiger partial charge in [-0.3, -0.25) is 0 Å². The molecular formula is C15H11F2NO. The van der Waals surface area contributed by atoms with E-state index >= 15 is 0 Å². The lowest BCUT2D eigenvalue weighted by Crippen LogP contribution is -1.94. The Labute approximate surface area is 109 Å². The average molecular weight is 259 g/mol. The molecule has 2 nitrogen and oxygen atoms in total. The molecule has 0 heterocycles. The summed E-state index contributed by atoms with van der Waals surface area (Å²) in [4.78, 5) is 0. The second-order valence-corrected chi connectivity index (χ2v) is 3.97. The minimum Gasteiger partial charge on any atom is -0.494 e. The van der Waals surface area contributed by atoms with Crippen LogP contribution in [-0.4, -0.2) is 7.11 Å². The summed E-state index contributed by atoms with van der Waals surface area (Å²) in [6.45, 7) is 0. The first-order valence-electron chi connectivity index (χ1n) is 5.65. The van der Waals surface area contributed by atoms with Crippen LogP contribution in [0, 0.1) is 23.0 Å². The molecule has 2 aromatic rings. The molecule has 0 N–H and O–H groups in total. The van der Waals surface area contributed by atoms with Crippen molar-refractivity contribution in [2.75, 3.05) is 7.11 Å². The van der Waals surface area contributed by atoms with Gasteiger partial charge < -0.3 is 4.74 Å². The van der Waals surface area contributed by atoms with Crippen LogP contribution in [0.5, 0.6) is 5.75 Å². The van der Waals surface area contributed by atoms with Crippen LogP contribution in [0.1, 0.15) is 5.56 Å². The molecule has 0 spiro atoms. The number of ether oxygens (including phenoxy) is 1. The minimum atomic E-state index is -0.613. The molecule has 0 unspecified atom stereocenters. The Morgan fingerprint density at radius 2 is 1.95 bits per heavy atom. The summed E-state index contributed by atoms with van der Waals surface area (Å²) in [7, 11) is 1.35. The third-order valence-electron chi connectivity index (χ3n) is 2.79. The van der Waals surface area contributed by atoms with E-state index in [9.17, 15) is 8.78 Å². The molecule has 0 bridgehead atoms. The van der Waals surface area contributed by atoms with E-state index in [1.54, 1.807) is 6.07 Å². The second-order valence-electron chi connectivity index (χ2n) is 3.97. The first-order valence-corrected chi connectivity index (χ1v) is 5.65. The molecule has 0 saturated carbocycles. The van der Waals surface area contributed by atoms with Crippen molar-refractivity contribution >= 4 is 0 Å². The van der Waals surface area contributed by atoms with Gasteiger partial charge in [-0.1, -0.05) is 18.2 Å². The van der Waals surface area contributed by atoms with E-state index in [2.05, 4.69) is 0 Å². The van der Waals surface area contributed by atoms with Gasteiger partial charge in [-0.2, -0.15) is 5.26 Å². The summed E-state index contributed by atoms with van der Waals surface area (Å²) in [5.41, 5.74) is 0.891. The monoisotopic (exact) mass is 259 g/mol. The number of rotatable bonds is 3. The van der Waals surface area contributed by atoms with Gasteiger partial charge in [-0.15, -0.1) is 0 Å². The van der Waals surface area contributed by atoms with Crippen LogP contribution in [0.3, 0.4) is 0 Å². The maximum Gasteiger partial charge on any atom is 0.172 e. The highest BCUT2D eigenvalue weighted by Crippen LogP contribution is 2.31. The molecule has 2 aromatic carbocycles. The molecule has 19 heavy (non-hydrogen) atoms. The van der Waals surface area contributed by atoms with E-state index in [1.807, 2.05) is 6.07 Å². The molecule has 4 heteroatoms. The third kappa shape index (κ3) is 2.55. The van der Waals surface area contributed by atoms with E-state index < -0.39 is 11.6 Å². The summed E-state index contributed by atoms with van der Waals surface area (Å²) in [6, 6.07) is 10.7. The highest BCUT2D eigenvalue weighted by Gasteiger charge is 2.14. The number of hydrogen-bond donors (Lipinski definition) is 0. The normalized spacial score (nSPS) is 10.0. The van der Waals surface area contributed by atoms with Gasteiger partial charge in [0.25, 0.3) is 0 Å². The lowest BCUT2D eigenvalue weighted by atomic mass is 10.0. The Hall–Kier alpha value is -2.41. The van der Waals surface area contributed by atoms with Crippen molar-refractivity contribution in [1.29, 1.82) is 5.26 Å². The largest absolute Gasteiger partial charge is 0.494 e. The zero-order chi connectivity index (χ0) is 13.8. The lowest BCUT2D eigenvalue weighted by Gasteiger charge is -2.09. The highest BCUT2D eigenvalue weighted by atomic mass is 19.1. The number of hydrogen-bond acceptors (Lipinski definition) is 2. The van der Waals surface area contributed by atoms with Gasteiger partial charge in [-0.05, 0) is 23.8 Å². The minimum absolute atomic E-state index is 0.0580. The second kappa shape index (κ2) is 5.49. The first-order chi connectivity index (χ1) is 9.17. The number of halogens is 2. The molecule has 0 radical (unpaired) electrons. The Balaban J connectivity index is 2.58. The maximum atomic E-state index is 14.1. The van der Waals surface area contributed by atoms with E-state index in [0.29, 0.717) is 5.56 Å². The maximum absolute atomic E-state index is 14.1. The van der Waals surface area contributed by atoms with Crippen LogP contribution in [0.25, 0.3) is 11.1 Å². The molecule has 0 fully saturated rings. The molecule has 2 rings (SSSR count). The Bertz CT molecular complexity index is 647. The van der Waals surface area contributed by atoms with E-state index in [1.165, 1.54) is 37.4 Å². The summed E-state index contributed by atoms with van der Waals surface area (Å²) in [6.07, 6.45) is 0.152. The van der Waals surface area contributed by atoms with Crippen LogP contribution >= 0.6 is 0 Å². The van der Waals surface area contributed by atoms with Crippen molar-refractivity contribution in [2.24, 2.45) is 0 Å². The van der Waals surface area contributed by atoms with Crippen molar-refractivity contribution in [2.45, 2.75) is 6.42 Å². The zero-order valence-electron chi connectivity index (χ0n) is 10.3. The van der Waals surface area contributed by atoms with Gasteiger partial charge in [-0.25, -0.2) is 8.78 Å². The predicted molar refractivity (Wildman–Crippen MR) is 67.7 cm³/mol. The number of methoxy groups -OCH3 is 1. The first kappa shape index (κ1) is 13.0. The fourth-order valence-corrected chi connectivity index (χ4v) is 1.86. The van der Waals surface area contributed by atoms with Crippen LogP contribution < -0.4 is 4.74 Å². The van der Waals surface area contributed by atoms with E-state index in [0.717, 1.165) is 0 Å². The van der Waals surface area contributed by atoms with E-state index in [4.69, 9.17) is 10.00 Å². The van der Waals surface area contributed by atoms with Crippen molar-refractivity contribution < 1.29 is 13.5 Å². The van der Waals surface area contributed by atoms with E-state index in [-0.39, 0.29) is 23.3 Å². The molecule has 0 amide bonds. The molecule has 0 aliphatic rings. The number of benzene rings is 2. The summed E-state index contributed by atoms with van der Waals surface area (Å²) in [5, 5.41) is 8.65. The molecule has 0 aliphatic heterocycles. The topological polar surface area (TPSA) is 33.0 Å². The smallest absolute Gasteiger partial charge is 0.172 e. The summed E-state index contributed by atoms with van der Waals surface area (Å²) < 4.78 is 32.8. The van der Waals surface area contributed by atoms with Gasteiger partial charge in [0.05, 0.1) is 19.6 Å². The van der Waals surface area contributed by atoms with Crippen LogP contribution in [-0.2, 0) is 6.42 Å². The van der Waals surface area contributed by atoms with Gasteiger partial charge in [0.1, 0.15) is 5.82 Å². The van der Waals surface area contributed by atoms with Crippen molar-refractivity contribution in [3.63, 3.8) is 0 Å². The number of nitriles is 1. The summed E-state index contributed by atoms with van der Waals surface area (Å²) in [5.74, 6) is -1.09. The SMILES string of the molecule is COc1cccc(-c2cc(CC#N)ccc2F)c1F. The van der Waals surface area contributed by atoms with Gasteiger partial charge in [0, 0.05) is 11.1 Å². The molecular weight excluding hydrogens is 248 g/mol. The fourth-order valence-electron chi connectivity index (χ4n) is 1.86. The van der Waals surface area contributed by atoms with Crippen LogP contribution in [0.4, 0.5) is 8.78 Å². The van der Waals surface area contributed by atoms with Crippen molar-refractivity contribution in [1.82, 2.24) is 0 Å². The quantitative estimate of drug-likeness (QED) is 0.841. The van der Waals surface area contributed by atoms with Gasteiger partial charge in [0.2, 0.25) is 0 Å². The molecule has 0 aromatic heterocycles. The highest BCUT2D eigenvalue weighted by molar-refractivity contribution is 5.67. The van der Waals surface area contributed by atoms with Gasteiger partial charge in [0.15, 0.2) is 11.6 Å². The lowest BCUT2D eigenvalue weighted by molar-refractivity contribution is 0.387. The predicted octanol–water partition coefficient (Wildman–Crippen LogP) is 3.71. The third-order valence-corrected chi connectivity index (χ3v) is 2.79. The summed E-state index contributed by atoms with van der Waals surface area (Å²) >= 11 is 0. The molecule has 96 valence electrons. The zero-order valence-corrected chi connectivity index (χ0v) is 10.3. The Kier molecular flexibility index (Phi) is 3.76.